The lowest BCUT2D eigenvalue weighted by Crippen LogP contribution is -2.36. The molecule has 0 spiro atoms. The van der Waals surface area contributed by atoms with Crippen molar-refractivity contribution in [3.05, 3.63) is 35.4 Å². The molecule has 1 atom stereocenters. The molecule has 1 aromatic rings. The zero-order valence-electron chi connectivity index (χ0n) is 12.7. The summed E-state index contributed by atoms with van der Waals surface area (Å²) < 4.78 is 0. The second-order valence-electron chi connectivity index (χ2n) is 5.84. The summed E-state index contributed by atoms with van der Waals surface area (Å²) in [5.74, 6) is 5.90. The molecule has 0 heterocycles. The minimum Gasteiger partial charge on any atom is -0.395 e. The van der Waals surface area contributed by atoms with Gasteiger partial charge in [-0.05, 0) is 24.6 Å². The average Bonchev–Trinajstić information content (AvgIpc) is 2.38. The number of nitrogens with one attached hydrogen (secondary N) is 1. The smallest absolute Gasteiger partial charge is 0.225 e. The van der Waals surface area contributed by atoms with Crippen molar-refractivity contribution in [1.82, 2.24) is 5.32 Å². The molecule has 3 nitrogen and oxygen atoms in total. The molecule has 0 aliphatic carbocycles. The van der Waals surface area contributed by atoms with Crippen molar-refractivity contribution in [1.29, 1.82) is 0 Å². The van der Waals surface area contributed by atoms with Crippen LogP contribution in [-0.4, -0.2) is 17.6 Å². The monoisotopic (exact) mass is 273 g/mol. The van der Waals surface area contributed by atoms with E-state index >= 15 is 0 Å². The van der Waals surface area contributed by atoms with E-state index in [0.717, 1.165) is 11.1 Å². The molecular formula is C17H23NO2. The quantitative estimate of drug-likeness (QED) is 0.832. The molecule has 0 fully saturated rings. The van der Waals surface area contributed by atoms with E-state index in [1.165, 1.54) is 0 Å². The number of carbonyl (C=O) groups excluding carboxylic acids is 1. The fraction of sp³-hybridized carbons (Fsp3) is 0.471. The van der Waals surface area contributed by atoms with E-state index in [2.05, 4.69) is 17.2 Å². The van der Waals surface area contributed by atoms with Gasteiger partial charge in [0.15, 0.2) is 0 Å². The number of rotatable bonds is 3. The van der Waals surface area contributed by atoms with Gasteiger partial charge in [0.1, 0.15) is 0 Å². The summed E-state index contributed by atoms with van der Waals surface area (Å²) in [7, 11) is 0. The molecule has 1 unspecified atom stereocenters. The third-order valence-electron chi connectivity index (χ3n) is 2.91. The van der Waals surface area contributed by atoms with Crippen LogP contribution in [0.5, 0.6) is 0 Å². The van der Waals surface area contributed by atoms with E-state index in [-0.39, 0.29) is 24.0 Å². The van der Waals surface area contributed by atoms with E-state index in [4.69, 9.17) is 5.11 Å². The highest BCUT2D eigenvalue weighted by Crippen LogP contribution is 2.18. The average molecular weight is 273 g/mol. The van der Waals surface area contributed by atoms with Crippen molar-refractivity contribution in [2.45, 2.75) is 40.2 Å². The molecule has 0 saturated heterocycles. The third kappa shape index (κ3) is 5.07. The number of carbonyl (C=O) groups is 1. The highest BCUT2D eigenvalue weighted by Gasteiger charge is 2.22. The molecule has 1 rings (SSSR count). The van der Waals surface area contributed by atoms with E-state index in [0.29, 0.717) is 6.42 Å². The first-order valence-electron chi connectivity index (χ1n) is 6.85. The molecule has 1 aromatic carbocycles. The standard InChI is InChI=1S/C17H23NO2/c1-13(18-16(20)17(2,3)4)15-10-8-14(9-11-15)7-5-6-12-19/h8-11,13,19H,6,12H2,1-4H3,(H,18,20). The molecule has 1 amide bonds. The Morgan fingerprint density at radius 3 is 2.40 bits per heavy atom. The minimum absolute atomic E-state index is 0.0267. The second kappa shape index (κ2) is 7.12. The second-order valence-corrected chi connectivity index (χ2v) is 5.84. The van der Waals surface area contributed by atoms with Crippen molar-refractivity contribution in [3.63, 3.8) is 0 Å². The summed E-state index contributed by atoms with van der Waals surface area (Å²) in [5, 5.41) is 11.7. The lowest BCUT2D eigenvalue weighted by Gasteiger charge is -2.22. The van der Waals surface area contributed by atoms with E-state index in [9.17, 15) is 4.79 Å². The topological polar surface area (TPSA) is 49.3 Å². The van der Waals surface area contributed by atoms with Crippen molar-refractivity contribution < 1.29 is 9.90 Å². The molecule has 0 aliphatic rings. The Kier molecular flexibility index (Phi) is 5.79. The Morgan fingerprint density at radius 1 is 1.30 bits per heavy atom. The summed E-state index contributed by atoms with van der Waals surface area (Å²) in [4.78, 5) is 11.9. The van der Waals surface area contributed by atoms with Gasteiger partial charge < -0.3 is 10.4 Å². The Morgan fingerprint density at radius 2 is 1.90 bits per heavy atom. The van der Waals surface area contributed by atoms with Crippen LogP contribution in [0.1, 0.15) is 51.3 Å². The van der Waals surface area contributed by atoms with Crippen molar-refractivity contribution >= 4 is 5.91 Å². The van der Waals surface area contributed by atoms with E-state index in [1.54, 1.807) is 0 Å². The zero-order chi connectivity index (χ0) is 15.2. The Hall–Kier alpha value is -1.79. The van der Waals surface area contributed by atoms with Gasteiger partial charge in [0.2, 0.25) is 5.91 Å². The molecule has 0 saturated carbocycles. The van der Waals surface area contributed by atoms with Crippen LogP contribution in [0.3, 0.4) is 0 Å². The SMILES string of the molecule is CC(NC(=O)C(C)(C)C)c1ccc(C#CCCO)cc1. The first-order valence-corrected chi connectivity index (χ1v) is 6.85. The fourth-order valence-electron chi connectivity index (χ4n) is 1.57. The first kappa shape index (κ1) is 16.3. The molecule has 0 aliphatic heterocycles. The summed E-state index contributed by atoms with van der Waals surface area (Å²) in [6, 6.07) is 7.77. The van der Waals surface area contributed by atoms with Crippen LogP contribution < -0.4 is 5.32 Å². The van der Waals surface area contributed by atoms with Crippen LogP contribution in [0, 0.1) is 17.3 Å². The van der Waals surface area contributed by atoms with Crippen LogP contribution in [0.2, 0.25) is 0 Å². The number of aliphatic hydroxyl groups is 1. The molecule has 3 heteroatoms. The molecule has 0 radical (unpaired) electrons. The highest BCUT2D eigenvalue weighted by molar-refractivity contribution is 5.81. The number of benzene rings is 1. The summed E-state index contributed by atoms with van der Waals surface area (Å²) in [5.41, 5.74) is 1.58. The number of hydrogen-bond donors (Lipinski definition) is 2. The molecule has 20 heavy (non-hydrogen) atoms. The van der Waals surface area contributed by atoms with Crippen LogP contribution >= 0.6 is 0 Å². The van der Waals surface area contributed by atoms with Gasteiger partial charge in [-0.2, -0.15) is 0 Å². The maximum atomic E-state index is 11.9. The van der Waals surface area contributed by atoms with Crippen LogP contribution in [-0.2, 0) is 4.79 Å². The Bertz CT molecular complexity index is 501. The van der Waals surface area contributed by atoms with Gasteiger partial charge in [-0.1, -0.05) is 44.7 Å². The number of aliphatic hydroxyl groups excluding tert-OH is 1. The van der Waals surface area contributed by atoms with E-state index < -0.39 is 0 Å². The lowest BCUT2D eigenvalue weighted by atomic mass is 9.94. The maximum absolute atomic E-state index is 11.9. The normalized spacial score (nSPS) is 12.2. The summed E-state index contributed by atoms with van der Waals surface area (Å²) >= 11 is 0. The third-order valence-corrected chi connectivity index (χ3v) is 2.91. The van der Waals surface area contributed by atoms with Gasteiger partial charge in [0.05, 0.1) is 12.6 Å². The van der Waals surface area contributed by atoms with Crippen LogP contribution in [0.15, 0.2) is 24.3 Å². The van der Waals surface area contributed by atoms with Gasteiger partial charge in [-0.25, -0.2) is 0 Å². The van der Waals surface area contributed by atoms with Crippen LogP contribution in [0.25, 0.3) is 0 Å². The molecular weight excluding hydrogens is 250 g/mol. The van der Waals surface area contributed by atoms with Crippen LogP contribution in [0.4, 0.5) is 0 Å². The maximum Gasteiger partial charge on any atom is 0.225 e. The van der Waals surface area contributed by atoms with Crippen molar-refractivity contribution in [2.24, 2.45) is 5.41 Å². The van der Waals surface area contributed by atoms with Gasteiger partial charge in [-0.3, -0.25) is 4.79 Å². The number of hydrogen-bond acceptors (Lipinski definition) is 2. The van der Waals surface area contributed by atoms with Gasteiger partial charge >= 0.3 is 0 Å². The Labute approximate surface area is 121 Å². The predicted octanol–water partition coefficient (Wildman–Crippen LogP) is 2.64. The number of amides is 1. The van der Waals surface area contributed by atoms with Gasteiger partial charge in [0.25, 0.3) is 0 Å². The molecule has 0 aromatic heterocycles. The zero-order valence-corrected chi connectivity index (χ0v) is 12.7. The summed E-state index contributed by atoms with van der Waals surface area (Å²) in [6.07, 6.45) is 0.486. The Balaban J connectivity index is 2.69. The highest BCUT2D eigenvalue weighted by atomic mass is 16.2. The van der Waals surface area contributed by atoms with Gasteiger partial charge in [-0.15, -0.1) is 0 Å². The fourth-order valence-corrected chi connectivity index (χ4v) is 1.57. The van der Waals surface area contributed by atoms with E-state index in [1.807, 2.05) is 52.0 Å². The first-order chi connectivity index (χ1) is 9.34. The molecule has 0 bridgehead atoms. The predicted molar refractivity (Wildman–Crippen MR) is 81.0 cm³/mol. The summed E-state index contributed by atoms with van der Waals surface area (Å²) in [6.45, 7) is 7.75. The largest absolute Gasteiger partial charge is 0.395 e. The minimum atomic E-state index is -0.385. The van der Waals surface area contributed by atoms with Crippen molar-refractivity contribution in [3.8, 4) is 11.8 Å². The molecule has 108 valence electrons. The van der Waals surface area contributed by atoms with Gasteiger partial charge in [0, 0.05) is 17.4 Å². The van der Waals surface area contributed by atoms with Crippen molar-refractivity contribution in [2.75, 3.05) is 6.61 Å². The lowest BCUT2D eigenvalue weighted by molar-refractivity contribution is -0.129. The molecule has 2 N–H and O–H groups in total.